The molecule has 1 aromatic rings. The molecule has 1 saturated heterocycles. The van der Waals surface area contributed by atoms with Crippen LogP contribution < -0.4 is 15.5 Å². The van der Waals surface area contributed by atoms with Crippen LogP contribution in [-0.4, -0.2) is 44.8 Å². The summed E-state index contributed by atoms with van der Waals surface area (Å²) in [4.78, 5) is 14.6. The summed E-state index contributed by atoms with van der Waals surface area (Å²) in [6.07, 6.45) is 1.96. The second-order valence-electron chi connectivity index (χ2n) is 5.72. The fraction of sp³-hybridized carbons (Fsp3) is 0.562. The van der Waals surface area contributed by atoms with Gasteiger partial charge in [-0.3, -0.25) is 4.79 Å². The topological polar surface area (TPSA) is 53.6 Å². The predicted molar refractivity (Wildman–Crippen MR) is 83.9 cm³/mol. The summed E-state index contributed by atoms with van der Waals surface area (Å²) in [5.41, 5.74) is 3.50. The summed E-state index contributed by atoms with van der Waals surface area (Å²) < 4.78 is 5.28. The molecule has 1 fully saturated rings. The zero-order valence-electron chi connectivity index (χ0n) is 12.7. The van der Waals surface area contributed by atoms with E-state index in [1.165, 1.54) is 11.3 Å². The van der Waals surface area contributed by atoms with E-state index in [2.05, 4.69) is 34.6 Å². The highest BCUT2D eigenvalue weighted by molar-refractivity contribution is 5.95. The van der Waals surface area contributed by atoms with Gasteiger partial charge in [-0.05, 0) is 37.5 Å². The summed E-state index contributed by atoms with van der Waals surface area (Å²) >= 11 is 0. The number of carbonyl (C=O) groups is 1. The number of ether oxygens (including phenoxy) is 1. The van der Waals surface area contributed by atoms with Crippen molar-refractivity contribution >= 4 is 17.3 Å². The molecule has 5 nitrogen and oxygen atoms in total. The van der Waals surface area contributed by atoms with Crippen LogP contribution in [0.4, 0.5) is 11.4 Å². The van der Waals surface area contributed by atoms with E-state index < -0.39 is 0 Å². The molecule has 21 heavy (non-hydrogen) atoms. The summed E-state index contributed by atoms with van der Waals surface area (Å²) in [7, 11) is 1.69. The van der Waals surface area contributed by atoms with E-state index in [0.717, 1.165) is 38.2 Å². The summed E-state index contributed by atoms with van der Waals surface area (Å²) in [5, 5.41) is 6.22. The van der Waals surface area contributed by atoms with Gasteiger partial charge in [0.1, 0.15) is 0 Å². The second-order valence-corrected chi connectivity index (χ2v) is 5.72. The number of carbonyl (C=O) groups excluding carboxylic acids is 1. The average molecular weight is 289 g/mol. The van der Waals surface area contributed by atoms with Gasteiger partial charge < -0.3 is 20.3 Å². The molecule has 0 radical (unpaired) electrons. The normalized spacial score (nSPS) is 24.2. The predicted octanol–water partition coefficient (Wildman–Crippen LogP) is 1.38. The maximum Gasteiger partial charge on any atom is 0.241 e. The molecule has 2 N–H and O–H groups in total. The molecule has 3 rings (SSSR count). The molecule has 0 saturated carbocycles. The Morgan fingerprint density at radius 2 is 2.38 bits per heavy atom. The SMILES string of the molecule is CCN1CCc2ccc(NC(=O)[C@H]3C[C@H](OC)CN3)cc21. The van der Waals surface area contributed by atoms with E-state index in [1.807, 2.05) is 6.07 Å². The van der Waals surface area contributed by atoms with E-state index in [0.29, 0.717) is 0 Å². The van der Waals surface area contributed by atoms with Crippen molar-refractivity contribution in [2.24, 2.45) is 0 Å². The number of nitrogens with one attached hydrogen (secondary N) is 2. The number of likely N-dealkylation sites (N-methyl/N-ethyl adjacent to an activating group) is 1. The first-order valence-electron chi connectivity index (χ1n) is 7.66. The first-order chi connectivity index (χ1) is 10.2. The molecule has 0 unspecified atom stereocenters. The second kappa shape index (κ2) is 6.03. The van der Waals surface area contributed by atoms with E-state index in [9.17, 15) is 4.79 Å². The molecule has 114 valence electrons. The van der Waals surface area contributed by atoms with Gasteiger partial charge in [-0.25, -0.2) is 0 Å². The molecule has 0 aliphatic carbocycles. The van der Waals surface area contributed by atoms with Gasteiger partial charge in [0.25, 0.3) is 0 Å². The van der Waals surface area contributed by atoms with Crippen LogP contribution in [-0.2, 0) is 16.0 Å². The van der Waals surface area contributed by atoms with Gasteiger partial charge >= 0.3 is 0 Å². The molecule has 2 aliphatic heterocycles. The number of hydrogen-bond donors (Lipinski definition) is 2. The smallest absolute Gasteiger partial charge is 0.241 e. The minimum Gasteiger partial charge on any atom is -0.380 e. The Labute approximate surface area is 125 Å². The van der Waals surface area contributed by atoms with Crippen molar-refractivity contribution in [1.29, 1.82) is 0 Å². The Morgan fingerprint density at radius 3 is 3.10 bits per heavy atom. The lowest BCUT2D eigenvalue weighted by Crippen LogP contribution is -2.35. The number of methoxy groups -OCH3 is 1. The number of hydrogen-bond acceptors (Lipinski definition) is 4. The van der Waals surface area contributed by atoms with E-state index in [-0.39, 0.29) is 18.1 Å². The average Bonchev–Trinajstić information content (AvgIpc) is 3.13. The van der Waals surface area contributed by atoms with E-state index >= 15 is 0 Å². The van der Waals surface area contributed by atoms with Gasteiger partial charge in [-0.15, -0.1) is 0 Å². The van der Waals surface area contributed by atoms with Crippen molar-refractivity contribution in [3.63, 3.8) is 0 Å². The van der Waals surface area contributed by atoms with Gasteiger partial charge in [-0.1, -0.05) is 6.07 Å². The lowest BCUT2D eigenvalue weighted by molar-refractivity contribution is -0.118. The van der Waals surface area contributed by atoms with Crippen molar-refractivity contribution in [3.8, 4) is 0 Å². The highest BCUT2D eigenvalue weighted by Crippen LogP contribution is 2.30. The third-order valence-corrected chi connectivity index (χ3v) is 4.47. The van der Waals surface area contributed by atoms with Gasteiger partial charge in [0.2, 0.25) is 5.91 Å². The largest absolute Gasteiger partial charge is 0.380 e. The molecule has 2 atom stereocenters. The molecule has 2 heterocycles. The van der Waals surface area contributed by atoms with Gasteiger partial charge in [-0.2, -0.15) is 0 Å². The molecule has 1 aromatic carbocycles. The monoisotopic (exact) mass is 289 g/mol. The number of rotatable bonds is 4. The van der Waals surface area contributed by atoms with Crippen molar-refractivity contribution in [2.75, 3.05) is 37.0 Å². The van der Waals surface area contributed by atoms with Crippen molar-refractivity contribution in [2.45, 2.75) is 31.9 Å². The lowest BCUT2D eigenvalue weighted by atomic mass is 10.1. The molecule has 1 amide bonds. The Morgan fingerprint density at radius 1 is 1.52 bits per heavy atom. The molecular formula is C16H23N3O2. The molecule has 5 heteroatoms. The van der Waals surface area contributed by atoms with Crippen LogP contribution in [0, 0.1) is 0 Å². The third-order valence-electron chi connectivity index (χ3n) is 4.47. The zero-order valence-corrected chi connectivity index (χ0v) is 12.7. The Balaban J connectivity index is 1.67. The number of benzene rings is 1. The lowest BCUT2D eigenvalue weighted by Gasteiger charge is -2.18. The number of fused-ring (bicyclic) bond motifs is 1. The fourth-order valence-corrected chi connectivity index (χ4v) is 3.16. The minimum atomic E-state index is -0.162. The van der Waals surface area contributed by atoms with E-state index in [4.69, 9.17) is 4.74 Å². The minimum absolute atomic E-state index is 0.0237. The number of nitrogens with zero attached hydrogens (tertiary/aromatic N) is 1. The highest BCUT2D eigenvalue weighted by atomic mass is 16.5. The first-order valence-corrected chi connectivity index (χ1v) is 7.66. The highest BCUT2D eigenvalue weighted by Gasteiger charge is 2.29. The van der Waals surface area contributed by atoms with Crippen molar-refractivity contribution in [1.82, 2.24) is 5.32 Å². The molecule has 0 bridgehead atoms. The Hall–Kier alpha value is -1.59. The quantitative estimate of drug-likeness (QED) is 0.879. The van der Waals surface area contributed by atoms with Crippen LogP contribution in [0.3, 0.4) is 0 Å². The molecular weight excluding hydrogens is 266 g/mol. The third kappa shape index (κ3) is 2.89. The maximum atomic E-state index is 12.3. The Kier molecular flexibility index (Phi) is 4.12. The Bertz CT molecular complexity index is 532. The first kappa shape index (κ1) is 14.4. The standard InChI is InChI=1S/C16H23N3O2/c1-3-19-7-6-11-4-5-12(8-15(11)19)18-16(20)14-9-13(21-2)10-17-14/h4-5,8,13-14,17H,3,6-7,9-10H2,1-2H3,(H,18,20)/t13-,14+/m0/s1. The van der Waals surface area contributed by atoms with Crippen LogP contribution in [0.2, 0.25) is 0 Å². The summed E-state index contributed by atoms with van der Waals surface area (Å²) in [6, 6.07) is 6.05. The van der Waals surface area contributed by atoms with Gasteiger partial charge in [0.05, 0.1) is 12.1 Å². The fourth-order valence-electron chi connectivity index (χ4n) is 3.16. The maximum absolute atomic E-state index is 12.3. The van der Waals surface area contributed by atoms with Crippen LogP contribution in [0.5, 0.6) is 0 Å². The summed E-state index contributed by atoms with van der Waals surface area (Å²) in [5.74, 6) is 0.0237. The van der Waals surface area contributed by atoms with Crippen LogP contribution >= 0.6 is 0 Å². The zero-order chi connectivity index (χ0) is 14.8. The van der Waals surface area contributed by atoms with E-state index in [1.54, 1.807) is 7.11 Å². The van der Waals surface area contributed by atoms with Crippen molar-refractivity contribution in [3.05, 3.63) is 23.8 Å². The van der Waals surface area contributed by atoms with Gasteiger partial charge in [0.15, 0.2) is 0 Å². The molecule has 0 aromatic heterocycles. The molecule has 0 spiro atoms. The summed E-state index contributed by atoms with van der Waals surface area (Å²) in [6.45, 7) is 4.98. The van der Waals surface area contributed by atoms with Crippen LogP contribution in [0.1, 0.15) is 18.9 Å². The van der Waals surface area contributed by atoms with Crippen LogP contribution in [0.15, 0.2) is 18.2 Å². The number of amides is 1. The van der Waals surface area contributed by atoms with Crippen molar-refractivity contribution < 1.29 is 9.53 Å². The van der Waals surface area contributed by atoms with Crippen LogP contribution in [0.25, 0.3) is 0 Å². The van der Waals surface area contributed by atoms with Gasteiger partial charge in [0, 0.05) is 38.1 Å². The number of anilines is 2. The molecule has 2 aliphatic rings.